The van der Waals surface area contributed by atoms with Gasteiger partial charge in [0.15, 0.2) is 0 Å². The first-order chi connectivity index (χ1) is 6.18. The molecule has 1 aliphatic heterocycles. The molecular formula is C11H21NS. The molecule has 1 N–H and O–H groups in total. The van der Waals surface area contributed by atoms with Crippen molar-refractivity contribution in [2.45, 2.75) is 51.6 Å². The Hall–Kier alpha value is 0.310. The number of nitrogens with one attached hydrogen (secondary N) is 1. The van der Waals surface area contributed by atoms with Crippen LogP contribution in [0.15, 0.2) is 0 Å². The first-order valence-electron chi connectivity index (χ1n) is 5.52. The Morgan fingerprint density at radius 1 is 1.23 bits per heavy atom. The first kappa shape index (κ1) is 9.85. The third-order valence-corrected chi connectivity index (χ3v) is 4.86. The molecule has 0 aromatic heterocycles. The van der Waals surface area contributed by atoms with Gasteiger partial charge in [0.25, 0.3) is 0 Å². The highest BCUT2D eigenvalue weighted by molar-refractivity contribution is 8.00. The molecule has 0 aromatic rings. The van der Waals surface area contributed by atoms with Gasteiger partial charge in [-0.1, -0.05) is 26.7 Å². The van der Waals surface area contributed by atoms with E-state index < -0.39 is 0 Å². The van der Waals surface area contributed by atoms with Crippen LogP contribution in [0.3, 0.4) is 0 Å². The third kappa shape index (κ3) is 2.21. The van der Waals surface area contributed by atoms with Crippen molar-refractivity contribution in [2.75, 3.05) is 11.5 Å². The maximum Gasteiger partial charge on any atom is 0.0251 e. The summed E-state index contributed by atoms with van der Waals surface area (Å²) in [6.07, 6.45) is 5.67. The van der Waals surface area contributed by atoms with E-state index >= 15 is 0 Å². The largest absolute Gasteiger partial charge is 0.309 e. The summed E-state index contributed by atoms with van der Waals surface area (Å²) >= 11 is 2.07. The average molecular weight is 199 g/mol. The van der Waals surface area contributed by atoms with E-state index in [1.54, 1.807) is 0 Å². The summed E-state index contributed by atoms with van der Waals surface area (Å²) in [5.74, 6) is 2.68. The highest BCUT2D eigenvalue weighted by Gasteiger charge is 2.34. The lowest BCUT2D eigenvalue weighted by Gasteiger charge is -2.43. The van der Waals surface area contributed by atoms with Crippen LogP contribution >= 0.6 is 11.8 Å². The highest BCUT2D eigenvalue weighted by atomic mass is 32.2. The van der Waals surface area contributed by atoms with Crippen LogP contribution in [-0.4, -0.2) is 23.6 Å². The van der Waals surface area contributed by atoms with Crippen molar-refractivity contribution in [1.82, 2.24) is 5.32 Å². The van der Waals surface area contributed by atoms with Crippen molar-refractivity contribution in [1.29, 1.82) is 0 Å². The second kappa shape index (κ2) is 3.82. The predicted octanol–water partition coefficient (Wildman–Crippen LogP) is 2.66. The van der Waals surface area contributed by atoms with Gasteiger partial charge in [-0.15, -0.1) is 0 Å². The molecule has 2 aliphatic rings. The van der Waals surface area contributed by atoms with Gasteiger partial charge in [0.05, 0.1) is 0 Å². The Morgan fingerprint density at radius 2 is 2.00 bits per heavy atom. The van der Waals surface area contributed by atoms with E-state index in [0.29, 0.717) is 5.41 Å². The SMILES string of the molecule is CC1(C)CCCCC1NC1CSC1. The lowest BCUT2D eigenvalue weighted by Crippen LogP contribution is -2.52. The Labute approximate surface area is 86.0 Å². The summed E-state index contributed by atoms with van der Waals surface area (Å²) in [7, 11) is 0. The van der Waals surface area contributed by atoms with Crippen LogP contribution in [0.2, 0.25) is 0 Å². The summed E-state index contributed by atoms with van der Waals surface area (Å²) < 4.78 is 0. The van der Waals surface area contributed by atoms with E-state index in [1.807, 2.05) is 0 Å². The molecule has 0 aromatic carbocycles. The summed E-state index contributed by atoms with van der Waals surface area (Å²) in [4.78, 5) is 0. The molecular weight excluding hydrogens is 178 g/mol. The fraction of sp³-hybridized carbons (Fsp3) is 1.00. The molecule has 1 saturated carbocycles. The zero-order valence-electron chi connectivity index (χ0n) is 8.81. The number of rotatable bonds is 2. The van der Waals surface area contributed by atoms with Crippen molar-refractivity contribution in [3.05, 3.63) is 0 Å². The number of thioether (sulfide) groups is 1. The molecule has 1 unspecified atom stereocenters. The molecule has 0 radical (unpaired) electrons. The molecule has 0 amide bonds. The minimum atomic E-state index is 0.540. The van der Waals surface area contributed by atoms with Crippen LogP contribution in [0.25, 0.3) is 0 Å². The van der Waals surface area contributed by atoms with E-state index in [0.717, 1.165) is 12.1 Å². The van der Waals surface area contributed by atoms with Gasteiger partial charge in [0.2, 0.25) is 0 Å². The van der Waals surface area contributed by atoms with Gasteiger partial charge >= 0.3 is 0 Å². The average Bonchev–Trinajstić information content (AvgIpc) is 1.98. The van der Waals surface area contributed by atoms with E-state index in [1.165, 1.54) is 37.2 Å². The topological polar surface area (TPSA) is 12.0 Å². The van der Waals surface area contributed by atoms with E-state index in [-0.39, 0.29) is 0 Å². The fourth-order valence-corrected chi connectivity index (χ4v) is 3.08. The standard InChI is InChI=1S/C11H21NS/c1-11(2)6-4-3-5-10(11)12-9-7-13-8-9/h9-10,12H,3-8H2,1-2H3. The minimum absolute atomic E-state index is 0.540. The van der Waals surface area contributed by atoms with Crippen LogP contribution in [-0.2, 0) is 0 Å². The molecule has 1 saturated heterocycles. The van der Waals surface area contributed by atoms with Crippen molar-refractivity contribution in [3.63, 3.8) is 0 Å². The summed E-state index contributed by atoms with van der Waals surface area (Å²) in [6.45, 7) is 4.85. The third-order valence-electron chi connectivity index (χ3n) is 3.58. The van der Waals surface area contributed by atoms with Gasteiger partial charge < -0.3 is 5.32 Å². The monoisotopic (exact) mass is 199 g/mol. The Bertz CT molecular complexity index is 175. The zero-order valence-corrected chi connectivity index (χ0v) is 9.62. The second-order valence-corrected chi connectivity index (χ2v) is 6.26. The van der Waals surface area contributed by atoms with Gasteiger partial charge in [-0.25, -0.2) is 0 Å². The molecule has 1 aliphatic carbocycles. The van der Waals surface area contributed by atoms with Gasteiger partial charge in [-0.3, -0.25) is 0 Å². The molecule has 0 spiro atoms. The molecule has 0 bridgehead atoms. The summed E-state index contributed by atoms with van der Waals surface area (Å²) in [6, 6.07) is 1.61. The number of hydrogen-bond donors (Lipinski definition) is 1. The number of hydrogen-bond acceptors (Lipinski definition) is 2. The molecule has 1 heterocycles. The van der Waals surface area contributed by atoms with Crippen LogP contribution in [0.1, 0.15) is 39.5 Å². The summed E-state index contributed by atoms with van der Waals surface area (Å²) in [5, 5.41) is 3.82. The molecule has 1 atom stereocenters. The van der Waals surface area contributed by atoms with Crippen molar-refractivity contribution in [3.8, 4) is 0 Å². The van der Waals surface area contributed by atoms with Crippen molar-refractivity contribution >= 4 is 11.8 Å². The van der Waals surface area contributed by atoms with E-state index in [9.17, 15) is 0 Å². The van der Waals surface area contributed by atoms with Crippen LogP contribution in [0, 0.1) is 5.41 Å². The predicted molar refractivity (Wildman–Crippen MR) is 60.3 cm³/mol. The quantitative estimate of drug-likeness (QED) is 0.734. The zero-order chi connectivity index (χ0) is 9.31. The van der Waals surface area contributed by atoms with Crippen LogP contribution < -0.4 is 5.32 Å². The molecule has 2 rings (SSSR count). The summed E-state index contributed by atoms with van der Waals surface area (Å²) in [5.41, 5.74) is 0.540. The Kier molecular flexibility index (Phi) is 2.89. The fourth-order valence-electron chi connectivity index (χ4n) is 2.42. The first-order valence-corrected chi connectivity index (χ1v) is 6.68. The Balaban J connectivity index is 1.87. The molecule has 13 heavy (non-hydrogen) atoms. The highest BCUT2D eigenvalue weighted by Crippen LogP contribution is 2.36. The lowest BCUT2D eigenvalue weighted by molar-refractivity contribution is 0.159. The maximum atomic E-state index is 3.82. The molecule has 76 valence electrons. The maximum absolute atomic E-state index is 3.82. The van der Waals surface area contributed by atoms with E-state index in [4.69, 9.17) is 0 Å². The Morgan fingerprint density at radius 3 is 2.54 bits per heavy atom. The molecule has 1 nitrogen and oxygen atoms in total. The minimum Gasteiger partial charge on any atom is -0.309 e. The van der Waals surface area contributed by atoms with Gasteiger partial charge in [0, 0.05) is 23.6 Å². The van der Waals surface area contributed by atoms with Crippen molar-refractivity contribution < 1.29 is 0 Å². The van der Waals surface area contributed by atoms with E-state index in [2.05, 4.69) is 30.9 Å². The van der Waals surface area contributed by atoms with Gasteiger partial charge in [-0.05, 0) is 18.3 Å². The van der Waals surface area contributed by atoms with Crippen molar-refractivity contribution in [2.24, 2.45) is 5.41 Å². The second-order valence-electron chi connectivity index (χ2n) is 5.19. The van der Waals surface area contributed by atoms with Gasteiger partial charge in [0.1, 0.15) is 0 Å². The normalized spacial score (nSPS) is 34.2. The smallest absolute Gasteiger partial charge is 0.0251 e. The molecule has 2 fully saturated rings. The lowest BCUT2D eigenvalue weighted by atomic mass is 9.73. The molecule has 2 heteroatoms. The van der Waals surface area contributed by atoms with Crippen LogP contribution in [0.5, 0.6) is 0 Å². The van der Waals surface area contributed by atoms with Crippen LogP contribution in [0.4, 0.5) is 0 Å². The van der Waals surface area contributed by atoms with Gasteiger partial charge in [-0.2, -0.15) is 11.8 Å².